The average molecular weight is 434 g/mol. The maximum absolute atomic E-state index is 13.5. The van der Waals surface area contributed by atoms with E-state index in [0.29, 0.717) is 11.3 Å². The lowest BCUT2D eigenvalue weighted by molar-refractivity contribution is -0.137. The number of hydrogen-bond acceptors (Lipinski definition) is 3. The first-order chi connectivity index (χ1) is 14.6. The molecule has 7 heteroatoms. The number of nitrogens with one attached hydrogen (secondary N) is 1. The van der Waals surface area contributed by atoms with Crippen LogP contribution in [0.25, 0.3) is 11.3 Å². The summed E-state index contributed by atoms with van der Waals surface area (Å²) in [4.78, 5) is 19.7. The summed E-state index contributed by atoms with van der Waals surface area (Å²) in [6.07, 6.45) is -0.913. The minimum Gasteiger partial charge on any atom is -0.348 e. The molecule has 0 saturated carbocycles. The third-order valence-electron chi connectivity index (χ3n) is 5.75. The van der Waals surface area contributed by atoms with Crippen LogP contribution in [0, 0.1) is 12.8 Å². The van der Waals surface area contributed by atoms with Crippen LogP contribution in [0.3, 0.4) is 0 Å². The normalized spacial score (nSPS) is 16.4. The van der Waals surface area contributed by atoms with Crippen molar-refractivity contribution in [3.05, 3.63) is 53.2 Å². The highest BCUT2D eigenvalue weighted by Gasteiger charge is 2.34. The molecule has 0 radical (unpaired) electrons. The second kappa shape index (κ2) is 9.81. The molecule has 1 fully saturated rings. The third-order valence-corrected chi connectivity index (χ3v) is 5.75. The highest BCUT2D eigenvalue weighted by molar-refractivity contribution is 5.95. The van der Waals surface area contributed by atoms with E-state index in [1.54, 1.807) is 19.1 Å². The Morgan fingerprint density at radius 3 is 2.45 bits per heavy atom. The average Bonchev–Trinajstić information content (AvgIpc) is 2.73. The van der Waals surface area contributed by atoms with Gasteiger partial charge in [-0.05, 0) is 57.0 Å². The van der Waals surface area contributed by atoms with Gasteiger partial charge in [0, 0.05) is 29.4 Å². The molecule has 31 heavy (non-hydrogen) atoms. The molecule has 1 aliphatic heterocycles. The van der Waals surface area contributed by atoms with E-state index >= 15 is 0 Å². The minimum absolute atomic E-state index is 0.0264. The lowest BCUT2D eigenvalue weighted by Crippen LogP contribution is -2.48. The molecule has 2 heterocycles. The first-order valence-electron chi connectivity index (χ1n) is 10.8. The lowest BCUT2D eigenvalue weighted by atomic mass is 10.00. The van der Waals surface area contributed by atoms with Crippen LogP contribution in [0.4, 0.5) is 13.2 Å². The van der Waals surface area contributed by atoms with Gasteiger partial charge in [0.25, 0.3) is 5.91 Å². The number of rotatable bonds is 6. The van der Waals surface area contributed by atoms with Crippen LogP contribution in [-0.2, 0) is 6.18 Å². The van der Waals surface area contributed by atoms with Gasteiger partial charge >= 0.3 is 6.18 Å². The number of alkyl halides is 3. The highest BCUT2D eigenvalue weighted by atomic mass is 19.4. The largest absolute Gasteiger partial charge is 0.417 e. The predicted octanol–water partition coefficient (Wildman–Crippen LogP) is 5.32. The van der Waals surface area contributed by atoms with E-state index in [4.69, 9.17) is 0 Å². The van der Waals surface area contributed by atoms with Gasteiger partial charge in [0.1, 0.15) is 0 Å². The number of pyridine rings is 1. The fourth-order valence-electron chi connectivity index (χ4n) is 3.99. The number of likely N-dealkylation sites (tertiary alicyclic amines) is 1. The highest BCUT2D eigenvalue weighted by Crippen LogP contribution is 2.36. The van der Waals surface area contributed by atoms with Gasteiger partial charge in [-0.3, -0.25) is 9.78 Å². The molecule has 2 aromatic rings. The Morgan fingerprint density at radius 2 is 1.81 bits per heavy atom. The number of aryl methyl sites for hydroxylation is 1. The first-order valence-corrected chi connectivity index (χ1v) is 10.8. The quantitative estimate of drug-likeness (QED) is 0.671. The van der Waals surface area contributed by atoms with Crippen molar-refractivity contribution in [3.8, 4) is 11.3 Å². The molecule has 1 unspecified atom stereocenters. The number of piperidine rings is 1. The Hall–Kier alpha value is -2.41. The fraction of sp³-hybridized carbons (Fsp3) is 0.500. The van der Waals surface area contributed by atoms with E-state index in [-0.39, 0.29) is 29.1 Å². The zero-order valence-corrected chi connectivity index (χ0v) is 18.3. The monoisotopic (exact) mass is 433 g/mol. The standard InChI is InChI=1S/C24H30F3N3O/c1-16(2)22(15-30-11-7-4-8-12-30)29-23(31)18-13-17(3)28-21(14-18)19-9-5-6-10-20(19)24(25,26)27/h5-6,9-10,13-14,16,22H,4,7-8,11-12,15H2,1-3H3,(H,29,31). The summed E-state index contributed by atoms with van der Waals surface area (Å²) in [5.41, 5.74) is 0.182. The number of amides is 1. The van der Waals surface area contributed by atoms with Gasteiger partial charge in [-0.25, -0.2) is 0 Å². The van der Waals surface area contributed by atoms with Crippen molar-refractivity contribution < 1.29 is 18.0 Å². The maximum atomic E-state index is 13.5. The second-order valence-corrected chi connectivity index (χ2v) is 8.61. The number of hydrogen-bond donors (Lipinski definition) is 1. The summed E-state index contributed by atoms with van der Waals surface area (Å²) < 4.78 is 40.4. The third kappa shape index (κ3) is 6.06. The smallest absolute Gasteiger partial charge is 0.348 e. The number of aromatic nitrogens is 1. The van der Waals surface area contributed by atoms with Gasteiger partial charge in [0.15, 0.2) is 0 Å². The van der Waals surface area contributed by atoms with Gasteiger partial charge in [-0.2, -0.15) is 13.2 Å². The van der Waals surface area contributed by atoms with Crippen molar-refractivity contribution in [3.63, 3.8) is 0 Å². The summed E-state index contributed by atoms with van der Waals surface area (Å²) in [6, 6.07) is 8.35. The molecule has 1 aromatic heterocycles. The van der Waals surface area contributed by atoms with Crippen LogP contribution in [-0.4, -0.2) is 41.5 Å². The Bertz CT molecular complexity index is 905. The van der Waals surface area contributed by atoms with E-state index in [2.05, 4.69) is 29.0 Å². The van der Waals surface area contributed by atoms with Gasteiger partial charge in [-0.15, -0.1) is 0 Å². The number of nitrogens with zero attached hydrogens (tertiary/aromatic N) is 2. The topological polar surface area (TPSA) is 45.2 Å². The number of halogens is 3. The van der Waals surface area contributed by atoms with Crippen LogP contribution in [0.2, 0.25) is 0 Å². The van der Waals surface area contributed by atoms with Crippen molar-refractivity contribution in [1.29, 1.82) is 0 Å². The van der Waals surface area contributed by atoms with E-state index in [9.17, 15) is 18.0 Å². The van der Waals surface area contributed by atoms with E-state index < -0.39 is 11.7 Å². The molecule has 1 aliphatic rings. The van der Waals surface area contributed by atoms with Crippen LogP contribution >= 0.6 is 0 Å². The van der Waals surface area contributed by atoms with Crippen LogP contribution in [0.15, 0.2) is 36.4 Å². The van der Waals surface area contributed by atoms with E-state index in [1.807, 2.05) is 0 Å². The minimum atomic E-state index is -4.50. The van der Waals surface area contributed by atoms with Crippen molar-refractivity contribution in [2.45, 2.75) is 52.3 Å². The summed E-state index contributed by atoms with van der Waals surface area (Å²) in [5, 5.41) is 3.10. The van der Waals surface area contributed by atoms with Gasteiger partial charge in [-0.1, -0.05) is 38.5 Å². The first kappa shape index (κ1) is 23.3. The van der Waals surface area contributed by atoms with Crippen molar-refractivity contribution in [1.82, 2.24) is 15.2 Å². The zero-order valence-electron chi connectivity index (χ0n) is 18.3. The molecule has 1 amide bonds. The SMILES string of the molecule is Cc1cc(C(=O)NC(CN2CCCCC2)C(C)C)cc(-c2ccccc2C(F)(F)F)n1. The second-order valence-electron chi connectivity index (χ2n) is 8.61. The molecule has 1 saturated heterocycles. The van der Waals surface area contributed by atoms with Crippen LogP contribution in [0.5, 0.6) is 0 Å². The van der Waals surface area contributed by atoms with Crippen LogP contribution in [0.1, 0.15) is 54.7 Å². The van der Waals surface area contributed by atoms with E-state index in [0.717, 1.165) is 25.7 Å². The molecule has 0 spiro atoms. The number of carbonyl (C=O) groups is 1. The van der Waals surface area contributed by atoms with Gasteiger partial charge in [0.2, 0.25) is 0 Å². The Kier molecular flexibility index (Phi) is 7.36. The summed E-state index contributed by atoms with van der Waals surface area (Å²) in [7, 11) is 0. The fourth-order valence-corrected chi connectivity index (χ4v) is 3.99. The Balaban J connectivity index is 1.85. The predicted molar refractivity (Wildman–Crippen MR) is 116 cm³/mol. The van der Waals surface area contributed by atoms with Crippen LogP contribution < -0.4 is 5.32 Å². The molecule has 168 valence electrons. The van der Waals surface area contributed by atoms with E-state index in [1.165, 1.54) is 37.5 Å². The molecule has 3 rings (SSSR count). The number of benzene rings is 1. The molecule has 1 N–H and O–H groups in total. The lowest BCUT2D eigenvalue weighted by Gasteiger charge is -2.32. The molecule has 4 nitrogen and oxygen atoms in total. The maximum Gasteiger partial charge on any atom is 0.417 e. The summed E-state index contributed by atoms with van der Waals surface area (Å²) in [6.45, 7) is 8.66. The molecule has 1 atom stereocenters. The van der Waals surface area contributed by atoms with Gasteiger partial charge < -0.3 is 10.2 Å². The Morgan fingerprint density at radius 1 is 1.13 bits per heavy atom. The summed E-state index contributed by atoms with van der Waals surface area (Å²) >= 11 is 0. The molecule has 1 aromatic carbocycles. The Labute approximate surface area is 181 Å². The summed E-state index contributed by atoms with van der Waals surface area (Å²) in [5.74, 6) is -0.0498. The molecular formula is C24H30F3N3O. The van der Waals surface area contributed by atoms with Gasteiger partial charge in [0.05, 0.1) is 11.3 Å². The number of carbonyl (C=O) groups excluding carboxylic acids is 1. The molecule has 0 aliphatic carbocycles. The van der Waals surface area contributed by atoms with Crippen molar-refractivity contribution >= 4 is 5.91 Å². The molecular weight excluding hydrogens is 403 g/mol. The van der Waals surface area contributed by atoms with Crippen molar-refractivity contribution in [2.75, 3.05) is 19.6 Å². The molecule has 0 bridgehead atoms. The zero-order chi connectivity index (χ0) is 22.6. The van der Waals surface area contributed by atoms with Crippen molar-refractivity contribution in [2.24, 2.45) is 5.92 Å².